The molecule has 2 N–H and O–H groups in total. The number of ether oxygens (including phenoxy) is 2. The third-order valence-electron chi connectivity index (χ3n) is 5.34. The standard InChI is InChI=1S/C24H19ClN4O3S/c1-29-18-9-7-15(25)11-17(18)21(14-5-3-2-4-6-14)27-22(23(29)30)28-24(33)26-16-8-10-19-20(12-16)32-13-31-19/h2-12,22H,13H2,1H3,(H2,26,28,33). The second-order valence-electron chi connectivity index (χ2n) is 7.47. The van der Waals surface area contributed by atoms with Gasteiger partial charge in [-0.1, -0.05) is 41.9 Å². The van der Waals surface area contributed by atoms with Gasteiger partial charge < -0.3 is 25.0 Å². The summed E-state index contributed by atoms with van der Waals surface area (Å²) in [6, 6.07) is 20.5. The lowest BCUT2D eigenvalue weighted by Gasteiger charge is -2.22. The Labute approximate surface area is 201 Å². The number of anilines is 2. The smallest absolute Gasteiger partial charge is 0.272 e. The molecule has 0 fully saturated rings. The number of benzodiazepines with no additional fused rings is 1. The van der Waals surface area contributed by atoms with Gasteiger partial charge in [0, 0.05) is 35.0 Å². The molecule has 3 aromatic rings. The van der Waals surface area contributed by atoms with Crippen LogP contribution in [-0.2, 0) is 4.79 Å². The molecule has 1 amide bonds. The number of carbonyl (C=O) groups is 1. The minimum absolute atomic E-state index is 0.186. The van der Waals surface area contributed by atoms with Gasteiger partial charge in [0.15, 0.2) is 16.6 Å². The monoisotopic (exact) mass is 478 g/mol. The Balaban J connectivity index is 1.47. The highest BCUT2D eigenvalue weighted by molar-refractivity contribution is 7.80. The van der Waals surface area contributed by atoms with Crippen LogP contribution in [0, 0.1) is 0 Å². The Morgan fingerprint density at radius 3 is 2.70 bits per heavy atom. The number of nitrogens with one attached hydrogen (secondary N) is 2. The van der Waals surface area contributed by atoms with E-state index >= 15 is 0 Å². The molecule has 0 spiro atoms. The first-order chi connectivity index (χ1) is 16.0. The third kappa shape index (κ3) is 4.22. The number of nitrogens with zero attached hydrogens (tertiary/aromatic N) is 2. The second-order valence-corrected chi connectivity index (χ2v) is 8.32. The quantitative estimate of drug-likeness (QED) is 0.550. The van der Waals surface area contributed by atoms with Crippen molar-refractivity contribution in [3.63, 3.8) is 0 Å². The number of hydrogen-bond acceptors (Lipinski definition) is 5. The highest BCUT2D eigenvalue weighted by atomic mass is 35.5. The van der Waals surface area contributed by atoms with Crippen molar-refractivity contribution in [2.45, 2.75) is 6.17 Å². The molecule has 1 atom stereocenters. The molecule has 0 aliphatic carbocycles. The number of benzene rings is 3. The van der Waals surface area contributed by atoms with Gasteiger partial charge in [-0.05, 0) is 42.5 Å². The van der Waals surface area contributed by atoms with Gasteiger partial charge in [-0.25, -0.2) is 4.99 Å². The predicted molar refractivity (Wildman–Crippen MR) is 133 cm³/mol. The number of fused-ring (bicyclic) bond motifs is 2. The van der Waals surface area contributed by atoms with Crippen LogP contribution in [0.5, 0.6) is 11.5 Å². The van der Waals surface area contributed by atoms with Crippen LogP contribution in [0.3, 0.4) is 0 Å². The maximum Gasteiger partial charge on any atom is 0.272 e. The van der Waals surface area contributed by atoms with Gasteiger partial charge in [0.05, 0.1) is 11.4 Å². The fourth-order valence-corrected chi connectivity index (χ4v) is 4.13. The van der Waals surface area contributed by atoms with Crippen LogP contribution in [0.25, 0.3) is 0 Å². The Morgan fingerprint density at radius 2 is 1.88 bits per heavy atom. The fraction of sp³-hybridized carbons (Fsp3) is 0.125. The fourth-order valence-electron chi connectivity index (χ4n) is 3.73. The average Bonchev–Trinajstić information content (AvgIpc) is 3.26. The van der Waals surface area contributed by atoms with E-state index in [0.717, 1.165) is 11.1 Å². The lowest BCUT2D eigenvalue weighted by atomic mass is 10.0. The molecule has 0 saturated heterocycles. The van der Waals surface area contributed by atoms with Gasteiger partial charge in [0.1, 0.15) is 0 Å². The number of carbonyl (C=O) groups excluding carboxylic acids is 1. The summed E-state index contributed by atoms with van der Waals surface area (Å²) < 4.78 is 10.7. The molecule has 7 nitrogen and oxygen atoms in total. The number of thiocarbonyl (C=S) groups is 1. The number of likely N-dealkylation sites (N-methyl/N-ethyl adjacent to an activating group) is 1. The van der Waals surface area contributed by atoms with Crippen LogP contribution in [-0.4, -0.2) is 36.7 Å². The molecule has 0 radical (unpaired) electrons. The van der Waals surface area contributed by atoms with Crippen LogP contribution in [0.2, 0.25) is 5.02 Å². The van der Waals surface area contributed by atoms with Gasteiger partial charge in [0.25, 0.3) is 5.91 Å². The molecule has 2 heterocycles. The number of halogens is 1. The van der Waals surface area contributed by atoms with Gasteiger partial charge in [-0.15, -0.1) is 0 Å². The van der Waals surface area contributed by atoms with Crippen LogP contribution >= 0.6 is 23.8 Å². The van der Waals surface area contributed by atoms with Gasteiger partial charge in [0.2, 0.25) is 13.0 Å². The van der Waals surface area contributed by atoms with Crippen molar-refractivity contribution >= 4 is 51.9 Å². The lowest BCUT2D eigenvalue weighted by molar-refractivity contribution is -0.119. The van der Waals surface area contributed by atoms with E-state index < -0.39 is 6.17 Å². The number of amides is 1. The van der Waals surface area contributed by atoms with E-state index in [-0.39, 0.29) is 17.8 Å². The molecule has 166 valence electrons. The summed E-state index contributed by atoms with van der Waals surface area (Å²) in [6.45, 7) is 0.186. The molecule has 0 saturated carbocycles. The predicted octanol–water partition coefficient (Wildman–Crippen LogP) is 4.20. The van der Waals surface area contributed by atoms with E-state index in [1.165, 1.54) is 0 Å². The van der Waals surface area contributed by atoms with Crippen molar-refractivity contribution in [3.8, 4) is 11.5 Å². The van der Waals surface area contributed by atoms with Crippen molar-refractivity contribution in [2.75, 3.05) is 24.1 Å². The van der Waals surface area contributed by atoms with Crippen LogP contribution in [0.1, 0.15) is 11.1 Å². The molecular formula is C24H19ClN4O3S. The minimum Gasteiger partial charge on any atom is -0.454 e. The zero-order chi connectivity index (χ0) is 22.9. The van der Waals surface area contributed by atoms with Crippen molar-refractivity contribution in [3.05, 3.63) is 82.9 Å². The normalized spacial score (nSPS) is 16.5. The Bertz CT molecular complexity index is 1280. The van der Waals surface area contributed by atoms with E-state index in [1.54, 1.807) is 30.1 Å². The van der Waals surface area contributed by atoms with E-state index in [1.807, 2.05) is 48.5 Å². The summed E-state index contributed by atoms with van der Waals surface area (Å²) >= 11 is 11.8. The first-order valence-corrected chi connectivity index (χ1v) is 11.0. The van der Waals surface area contributed by atoms with Crippen LogP contribution in [0.15, 0.2) is 71.7 Å². The van der Waals surface area contributed by atoms with E-state index in [0.29, 0.717) is 33.6 Å². The van der Waals surface area contributed by atoms with Gasteiger partial charge in [-0.2, -0.15) is 0 Å². The highest BCUT2D eigenvalue weighted by Crippen LogP contribution is 2.34. The van der Waals surface area contributed by atoms with Crippen molar-refractivity contribution < 1.29 is 14.3 Å². The first-order valence-electron chi connectivity index (χ1n) is 10.2. The summed E-state index contributed by atoms with van der Waals surface area (Å²) in [5.74, 6) is 1.05. The number of hydrogen-bond donors (Lipinski definition) is 2. The summed E-state index contributed by atoms with van der Waals surface area (Å²) in [5, 5.41) is 6.93. The van der Waals surface area contributed by atoms with E-state index in [9.17, 15) is 4.79 Å². The topological polar surface area (TPSA) is 75.2 Å². The van der Waals surface area contributed by atoms with Crippen molar-refractivity contribution in [1.29, 1.82) is 0 Å². The summed E-state index contributed by atoms with van der Waals surface area (Å²) in [6.07, 6.45) is -0.939. The SMILES string of the molecule is CN1C(=O)C(NC(=S)Nc2ccc3c(c2)OCO3)N=C(c2ccccc2)c2cc(Cl)ccc21. The summed E-state index contributed by atoms with van der Waals surface area (Å²) in [7, 11) is 1.71. The molecule has 0 bridgehead atoms. The maximum absolute atomic E-state index is 13.3. The largest absolute Gasteiger partial charge is 0.454 e. The van der Waals surface area contributed by atoms with E-state index in [4.69, 9.17) is 38.3 Å². The molecule has 3 aromatic carbocycles. The van der Waals surface area contributed by atoms with Gasteiger partial charge >= 0.3 is 0 Å². The van der Waals surface area contributed by atoms with Gasteiger partial charge in [-0.3, -0.25) is 4.79 Å². The lowest BCUT2D eigenvalue weighted by Crippen LogP contribution is -2.47. The maximum atomic E-state index is 13.3. The van der Waals surface area contributed by atoms with Crippen molar-refractivity contribution in [2.24, 2.45) is 4.99 Å². The third-order valence-corrected chi connectivity index (χ3v) is 5.80. The molecule has 9 heteroatoms. The summed E-state index contributed by atoms with van der Waals surface area (Å²) in [5.41, 5.74) is 3.70. The van der Waals surface area contributed by atoms with Crippen molar-refractivity contribution in [1.82, 2.24) is 5.32 Å². The average molecular weight is 479 g/mol. The molecule has 2 aliphatic rings. The molecule has 33 heavy (non-hydrogen) atoms. The molecule has 5 rings (SSSR count). The molecule has 2 aliphatic heterocycles. The van der Waals surface area contributed by atoms with Crippen LogP contribution < -0.4 is 25.0 Å². The number of rotatable bonds is 3. The zero-order valence-corrected chi connectivity index (χ0v) is 19.1. The highest BCUT2D eigenvalue weighted by Gasteiger charge is 2.30. The Kier molecular flexibility index (Phi) is 5.62. The Hall–Kier alpha value is -3.62. The van der Waals surface area contributed by atoms with E-state index in [2.05, 4.69) is 10.6 Å². The Morgan fingerprint density at radius 1 is 1.09 bits per heavy atom. The molecule has 0 aromatic heterocycles. The first kappa shape index (κ1) is 21.2. The summed E-state index contributed by atoms with van der Waals surface area (Å²) in [4.78, 5) is 19.7. The molecular weight excluding hydrogens is 460 g/mol. The minimum atomic E-state index is -0.939. The van der Waals surface area contributed by atoms with Crippen LogP contribution in [0.4, 0.5) is 11.4 Å². The second kappa shape index (κ2) is 8.73. The number of aliphatic imine (C=N–C) groups is 1. The molecule has 1 unspecified atom stereocenters. The zero-order valence-electron chi connectivity index (χ0n) is 17.5.